The Morgan fingerprint density at radius 1 is 1.16 bits per heavy atom. The number of anilines is 1. The first-order valence-corrected chi connectivity index (χ1v) is 8.11. The van der Waals surface area contributed by atoms with E-state index in [4.69, 9.17) is 9.47 Å². The van der Waals surface area contributed by atoms with Gasteiger partial charge in [0.15, 0.2) is 0 Å². The van der Waals surface area contributed by atoms with Crippen molar-refractivity contribution in [2.45, 2.75) is 18.9 Å². The van der Waals surface area contributed by atoms with E-state index in [-0.39, 0.29) is 17.2 Å². The summed E-state index contributed by atoms with van der Waals surface area (Å²) < 4.78 is 11.2. The third-order valence-corrected chi connectivity index (χ3v) is 3.95. The Balaban J connectivity index is 1.67. The number of benzene rings is 2. The van der Waals surface area contributed by atoms with Gasteiger partial charge in [0.1, 0.15) is 12.4 Å². The molecular formula is C19H19NO5. The van der Waals surface area contributed by atoms with Gasteiger partial charge in [-0.25, -0.2) is 4.79 Å². The number of carbonyl (C=O) groups excluding carboxylic acids is 1. The number of hydrogen-bond acceptors (Lipinski definition) is 4. The maximum Gasteiger partial charge on any atom is 0.336 e. The van der Waals surface area contributed by atoms with Gasteiger partial charge >= 0.3 is 5.97 Å². The standard InChI is InChI=1S/C19H19NO5/c21-18(16-8-1-2-9-17(16)19(22)23)20-13-5-3-6-14(11-13)25-12-15-7-4-10-24-15/h1-3,5-6,8-9,11,15H,4,7,10,12H2,(H,20,21)(H,22,23)/t15-/m0/s1. The lowest BCUT2D eigenvalue weighted by Crippen LogP contribution is -2.17. The molecular weight excluding hydrogens is 322 g/mol. The number of amides is 1. The third-order valence-electron chi connectivity index (χ3n) is 3.95. The second-order valence-electron chi connectivity index (χ2n) is 5.78. The first-order valence-electron chi connectivity index (χ1n) is 8.11. The molecule has 6 nitrogen and oxygen atoms in total. The third kappa shape index (κ3) is 4.36. The van der Waals surface area contributed by atoms with Crippen LogP contribution in [0.3, 0.4) is 0 Å². The highest BCUT2D eigenvalue weighted by Crippen LogP contribution is 2.21. The number of carbonyl (C=O) groups is 2. The zero-order valence-electron chi connectivity index (χ0n) is 13.6. The van der Waals surface area contributed by atoms with Crippen molar-refractivity contribution in [1.29, 1.82) is 0 Å². The minimum absolute atomic E-state index is 0.0363. The van der Waals surface area contributed by atoms with E-state index in [0.717, 1.165) is 19.4 Å². The predicted molar refractivity (Wildman–Crippen MR) is 92.3 cm³/mol. The molecule has 3 rings (SSSR count). The second kappa shape index (κ2) is 7.81. The summed E-state index contributed by atoms with van der Waals surface area (Å²) in [7, 11) is 0. The van der Waals surface area contributed by atoms with Gasteiger partial charge in [-0.05, 0) is 37.1 Å². The molecule has 1 heterocycles. The molecule has 1 fully saturated rings. The molecule has 2 aromatic carbocycles. The highest BCUT2D eigenvalue weighted by molar-refractivity contribution is 6.10. The molecule has 0 aromatic heterocycles. The predicted octanol–water partition coefficient (Wildman–Crippen LogP) is 3.19. The number of aromatic carboxylic acids is 1. The van der Waals surface area contributed by atoms with Crippen molar-refractivity contribution in [1.82, 2.24) is 0 Å². The molecule has 2 aromatic rings. The molecule has 25 heavy (non-hydrogen) atoms. The van der Waals surface area contributed by atoms with Crippen LogP contribution in [0.1, 0.15) is 33.6 Å². The number of nitrogens with one attached hydrogen (secondary N) is 1. The molecule has 1 aliphatic heterocycles. The van der Waals surface area contributed by atoms with Crippen LogP contribution < -0.4 is 10.1 Å². The number of carboxylic acid groups (broad SMARTS) is 1. The van der Waals surface area contributed by atoms with Gasteiger partial charge in [0.2, 0.25) is 0 Å². The maximum absolute atomic E-state index is 12.4. The van der Waals surface area contributed by atoms with E-state index in [1.807, 2.05) is 0 Å². The molecule has 1 amide bonds. The molecule has 0 aliphatic carbocycles. The quantitative estimate of drug-likeness (QED) is 0.843. The van der Waals surface area contributed by atoms with Crippen LogP contribution in [0, 0.1) is 0 Å². The summed E-state index contributed by atoms with van der Waals surface area (Å²) in [6.45, 7) is 1.24. The summed E-state index contributed by atoms with van der Waals surface area (Å²) in [5.74, 6) is -0.992. The first-order chi connectivity index (χ1) is 12.1. The molecule has 0 bridgehead atoms. The van der Waals surface area contributed by atoms with E-state index in [1.54, 1.807) is 36.4 Å². The van der Waals surface area contributed by atoms with Gasteiger partial charge in [0.25, 0.3) is 5.91 Å². The smallest absolute Gasteiger partial charge is 0.336 e. The summed E-state index contributed by atoms with van der Waals surface area (Å²) in [4.78, 5) is 23.6. The average molecular weight is 341 g/mol. The number of hydrogen-bond donors (Lipinski definition) is 2. The van der Waals surface area contributed by atoms with Gasteiger partial charge in [0, 0.05) is 18.4 Å². The van der Waals surface area contributed by atoms with Crippen LogP contribution in [0.15, 0.2) is 48.5 Å². The van der Waals surface area contributed by atoms with E-state index < -0.39 is 11.9 Å². The van der Waals surface area contributed by atoms with Crippen LogP contribution in [0.5, 0.6) is 5.75 Å². The van der Waals surface area contributed by atoms with Gasteiger partial charge < -0.3 is 19.9 Å². The Labute approximate surface area is 145 Å². The van der Waals surface area contributed by atoms with E-state index in [9.17, 15) is 14.7 Å². The Morgan fingerprint density at radius 3 is 2.68 bits per heavy atom. The monoisotopic (exact) mass is 341 g/mol. The number of ether oxygens (including phenoxy) is 2. The van der Waals surface area contributed by atoms with Gasteiger partial charge in [0.05, 0.1) is 17.2 Å². The van der Waals surface area contributed by atoms with Crippen LogP contribution in [-0.2, 0) is 4.74 Å². The molecule has 0 unspecified atom stereocenters. The summed E-state index contributed by atoms with van der Waals surface area (Å²) >= 11 is 0. The SMILES string of the molecule is O=C(O)c1ccccc1C(=O)Nc1cccc(OC[C@@H]2CCCO2)c1. The van der Waals surface area contributed by atoms with E-state index in [1.165, 1.54) is 12.1 Å². The first kappa shape index (κ1) is 17.0. The zero-order chi connectivity index (χ0) is 17.6. The van der Waals surface area contributed by atoms with E-state index in [0.29, 0.717) is 18.0 Å². The Bertz CT molecular complexity index is 768. The molecule has 0 spiro atoms. The van der Waals surface area contributed by atoms with Crippen molar-refractivity contribution in [2.75, 3.05) is 18.5 Å². The van der Waals surface area contributed by atoms with Crippen LogP contribution in [0.25, 0.3) is 0 Å². The minimum atomic E-state index is -1.14. The number of rotatable bonds is 6. The summed E-state index contributed by atoms with van der Waals surface area (Å²) in [5.41, 5.74) is 0.612. The fourth-order valence-corrected chi connectivity index (χ4v) is 2.69. The van der Waals surface area contributed by atoms with Crippen LogP contribution in [0.2, 0.25) is 0 Å². The molecule has 1 atom stereocenters. The molecule has 1 saturated heterocycles. The molecule has 0 saturated carbocycles. The van der Waals surface area contributed by atoms with Gasteiger partial charge in [-0.3, -0.25) is 4.79 Å². The van der Waals surface area contributed by atoms with Crippen molar-refractivity contribution >= 4 is 17.6 Å². The van der Waals surface area contributed by atoms with Crippen molar-refractivity contribution in [3.63, 3.8) is 0 Å². The van der Waals surface area contributed by atoms with Gasteiger partial charge in [-0.2, -0.15) is 0 Å². The fourth-order valence-electron chi connectivity index (χ4n) is 2.69. The number of carboxylic acids is 1. The molecule has 0 radical (unpaired) electrons. The lowest BCUT2D eigenvalue weighted by atomic mass is 10.1. The fraction of sp³-hybridized carbons (Fsp3) is 0.263. The average Bonchev–Trinajstić information content (AvgIpc) is 3.14. The summed E-state index contributed by atoms with van der Waals surface area (Å²) in [6.07, 6.45) is 2.15. The second-order valence-corrected chi connectivity index (χ2v) is 5.78. The van der Waals surface area contributed by atoms with Crippen molar-refractivity contribution in [3.05, 3.63) is 59.7 Å². The summed E-state index contributed by atoms with van der Waals surface area (Å²) in [5, 5.41) is 11.9. The van der Waals surface area contributed by atoms with Crippen LogP contribution in [-0.4, -0.2) is 36.3 Å². The molecule has 6 heteroatoms. The Morgan fingerprint density at radius 2 is 1.96 bits per heavy atom. The normalized spacial score (nSPS) is 16.4. The lowest BCUT2D eigenvalue weighted by Gasteiger charge is -2.13. The van der Waals surface area contributed by atoms with Crippen LogP contribution >= 0.6 is 0 Å². The summed E-state index contributed by atoms with van der Waals surface area (Å²) in [6, 6.07) is 13.1. The van der Waals surface area contributed by atoms with E-state index >= 15 is 0 Å². The van der Waals surface area contributed by atoms with Crippen molar-refractivity contribution in [2.24, 2.45) is 0 Å². The molecule has 130 valence electrons. The maximum atomic E-state index is 12.4. The van der Waals surface area contributed by atoms with E-state index in [2.05, 4.69) is 5.32 Å². The Hall–Kier alpha value is -2.86. The lowest BCUT2D eigenvalue weighted by molar-refractivity contribution is 0.0679. The zero-order valence-corrected chi connectivity index (χ0v) is 13.6. The highest BCUT2D eigenvalue weighted by atomic mass is 16.5. The van der Waals surface area contributed by atoms with Crippen LogP contribution in [0.4, 0.5) is 5.69 Å². The van der Waals surface area contributed by atoms with Gasteiger partial charge in [-0.1, -0.05) is 18.2 Å². The molecule has 2 N–H and O–H groups in total. The minimum Gasteiger partial charge on any atom is -0.491 e. The topological polar surface area (TPSA) is 84.9 Å². The van der Waals surface area contributed by atoms with Crippen molar-refractivity contribution in [3.8, 4) is 5.75 Å². The van der Waals surface area contributed by atoms with Crippen molar-refractivity contribution < 1.29 is 24.2 Å². The molecule has 1 aliphatic rings. The largest absolute Gasteiger partial charge is 0.491 e. The Kier molecular flexibility index (Phi) is 5.30. The van der Waals surface area contributed by atoms with Gasteiger partial charge in [-0.15, -0.1) is 0 Å². The highest BCUT2D eigenvalue weighted by Gasteiger charge is 2.17.